The van der Waals surface area contributed by atoms with E-state index in [1.165, 1.54) is 0 Å². The van der Waals surface area contributed by atoms with Gasteiger partial charge in [-0.05, 0) is 56.7 Å². The highest BCUT2D eigenvalue weighted by molar-refractivity contribution is 6.09. The number of rotatable bonds is 6. The number of likely N-dealkylation sites (N-methyl/N-ethyl adjacent to an activating group) is 1. The second-order valence-corrected chi connectivity index (χ2v) is 8.65. The van der Waals surface area contributed by atoms with Crippen LogP contribution >= 0.6 is 0 Å². The number of nitriles is 1. The minimum absolute atomic E-state index is 0.0646. The highest BCUT2D eigenvalue weighted by Crippen LogP contribution is 2.21. The summed E-state index contributed by atoms with van der Waals surface area (Å²) >= 11 is 0. The first-order chi connectivity index (χ1) is 14.8. The first-order valence-electron chi connectivity index (χ1n) is 10.8. The number of hydrogen-bond donors (Lipinski definition) is 1. The molecule has 0 atom stereocenters. The second kappa shape index (κ2) is 9.80. The van der Waals surface area contributed by atoms with Crippen LogP contribution in [0.15, 0.2) is 30.0 Å². The van der Waals surface area contributed by atoms with Crippen LogP contribution in [0.25, 0.3) is 6.08 Å². The number of carbonyl (C=O) groups excluding carboxylic acids is 1. The largest absolute Gasteiger partial charge is 0.368 e. The smallest absolute Gasteiger partial charge is 0.267 e. The molecule has 1 amide bonds. The third-order valence-corrected chi connectivity index (χ3v) is 5.68. The lowest BCUT2D eigenvalue weighted by atomic mass is 10.1. The molecule has 0 bridgehead atoms. The van der Waals surface area contributed by atoms with Gasteiger partial charge in [-0.2, -0.15) is 5.26 Å². The number of pyridine rings is 1. The number of piperazine rings is 1. The van der Waals surface area contributed by atoms with Crippen LogP contribution in [0.1, 0.15) is 30.8 Å². The third kappa shape index (κ3) is 5.53. The molecule has 1 aliphatic heterocycles. The number of aromatic nitrogens is 2. The maximum absolute atomic E-state index is 12.7. The molecule has 1 N–H and O–H groups in total. The SMILES string of the molecule is Cc1cc(C=C(C#N)C(=O)Nc2ccc(N3CCN(C)CC3)cn2)c(C)n1CC(C)C. The average Bonchev–Trinajstić information content (AvgIpc) is 3.00. The topological polar surface area (TPSA) is 77.2 Å². The van der Waals surface area contributed by atoms with Gasteiger partial charge in [0.2, 0.25) is 0 Å². The molecule has 31 heavy (non-hydrogen) atoms. The lowest BCUT2D eigenvalue weighted by Gasteiger charge is -2.33. The molecule has 2 aromatic rings. The van der Waals surface area contributed by atoms with Crippen molar-refractivity contribution in [2.24, 2.45) is 5.92 Å². The summed E-state index contributed by atoms with van der Waals surface area (Å²) in [5.74, 6) is 0.505. The van der Waals surface area contributed by atoms with E-state index in [-0.39, 0.29) is 5.57 Å². The minimum Gasteiger partial charge on any atom is -0.368 e. The summed E-state index contributed by atoms with van der Waals surface area (Å²) in [4.78, 5) is 21.6. The number of nitrogens with zero attached hydrogens (tertiary/aromatic N) is 5. The number of nitrogens with one attached hydrogen (secondary N) is 1. The predicted molar refractivity (Wildman–Crippen MR) is 125 cm³/mol. The highest BCUT2D eigenvalue weighted by Gasteiger charge is 2.16. The lowest BCUT2D eigenvalue weighted by Crippen LogP contribution is -2.44. The molecule has 7 heteroatoms. The average molecular weight is 421 g/mol. The third-order valence-electron chi connectivity index (χ3n) is 5.68. The van der Waals surface area contributed by atoms with Gasteiger partial charge in [0.25, 0.3) is 5.91 Å². The summed E-state index contributed by atoms with van der Waals surface area (Å²) in [6.45, 7) is 13.3. The van der Waals surface area contributed by atoms with Crippen LogP contribution in [0.2, 0.25) is 0 Å². The molecule has 7 nitrogen and oxygen atoms in total. The highest BCUT2D eigenvalue weighted by atomic mass is 16.1. The quantitative estimate of drug-likeness (QED) is 0.572. The van der Waals surface area contributed by atoms with E-state index in [0.29, 0.717) is 11.7 Å². The van der Waals surface area contributed by atoms with Crippen molar-refractivity contribution in [3.63, 3.8) is 0 Å². The number of hydrogen-bond acceptors (Lipinski definition) is 5. The molecule has 3 heterocycles. The molecule has 0 radical (unpaired) electrons. The Morgan fingerprint density at radius 1 is 1.26 bits per heavy atom. The molecule has 0 aromatic carbocycles. The summed E-state index contributed by atoms with van der Waals surface area (Å²) in [6, 6.07) is 7.80. The van der Waals surface area contributed by atoms with Gasteiger partial charge in [0.1, 0.15) is 17.5 Å². The summed E-state index contributed by atoms with van der Waals surface area (Å²) in [5, 5.41) is 12.3. The normalized spacial score (nSPS) is 15.3. The molecule has 0 spiro atoms. The fourth-order valence-electron chi connectivity index (χ4n) is 3.82. The maximum atomic E-state index is 12.7. The van der Waals surface area contributed by atoms with E-state index >= 15 is 0 Å². The Balaban J connectivity index is 1.71. The van der Waals surface area contributed by atoms with E-state index in [2.05, 4.69) is 45.6 Å². The first kappa shape index (κ1) is 22.6. The van der Waals surface area contributed by atoms with Crippen LogP contribution in [0.5, 0.6) is 0 Å². The fraction of sp³-hybridized carbons (Fsp3) is 0.458. The maximum Gasteiger partial charge on any atom is 0.267 e. The summed E-state index contributed by atoms with van der Waals surface area (Å²) < 4.78 is 2.22. The summed E-state index contributed by atoms with van der Waals surface area (Å²) in [6.07, 6.45) is 3.43. The van der Waals surface area contributed by atoms with E-state index in [9.17, 15) is 10.1 Å². The first-order valence-corrected chi connectivity index (χ1v) is 10.8. The lowest BCUT2D eigenvalue weighted by molar-refractivity contribution is -0.112. The van der Waals surface area contributed by atoms with Crippen molar-refractivity contribution < 1.29 is 4.79 Å². The van der Waals surface area contributed by atoms with Crippen molar-refractivity contribution in [1.82, 2.24) is 14.5 Å². The Labute approximate surface area is 185 Å². The summed E-state index contributed by atoms with van der Waals surface area (Å²) in [5.41, 5.74) is 4.18. The second-order valence-electron chi connectivity index (χ2n) is 8.65. The molecule has 1 aliphatic rings. The molecule has 164 valence electrons. The Kier molecular flexibility index (Phi) is 7.13. The molecular formula is C24H32N6O. The van der Waals surface area contributed by atoms with Gasteiger partial charge in [-0.1, -0.05) is 13.8 Å². The van der Waals surface area contributed by atoms with Gasteiger partial charge in [0.15, 0.2) is 0 Å². The van der Waals surface area contributed by atoms with E-state index in [1.807, 2.05) is 32.0 Å². The summed E-state index contributed by atoms with van der Waals surface area (Å²) in [7, 11) is 2.12. The Bertz CT molecular complexity index is 988. The van der Waals surface area contributed by atoms with Crippen LogP contribution in [-0.2, 0) is 11.3 Å². The van der Waals surface area contributed by atoms with Crippen LogP contribution in [0.3, 0.4) is 0 Å². The fourth-order valence-corrected chi connectivity index (χ4v) is 3.82. The minimum atomic E-state index is -0.448. The van der Waals surface area contributed by atoms with Crippen molar-refractivity contribution in [1.29, 1.82) is 5.26 Å². The molecule has 1 saturated heterocycles. The molecule has 3 rings (SSSR count). The van der Waals surface area contributed by atoms with E-state index in [4.69, 9.17) is 0 Å². The number of anilines is 2. The van der Waals surface area contributed by atoms with Crippen LogP contribution in [0, 0.1) is 31.1 Å². The zero-order chi connectivity index (χ0) is 22.5. The van der Waals surface area contributed by atoms with E-state index < -0.39 is 5.91 Å². The zero-order valence-corrected chi connectivity index (χ0v) is 19.1. The molecule has 1 fully saturated rings. The van der Waals surface area contributed by atoms with Crippen molar-refractivity contribution >= 4 is 23.5 Å². The van der Waals surface area contributed by atoms with Crippen molar-refractivity contribution in [3.8, 4) is 6.07 Å². The van der Waals surface area contributed by atoms with Crippen molar-refractivity contribution in [2.45, 2.75) is 34.2 Å². The van der Waals surface area contributed by atoms with E-state index in [1.54, 1.807) is 18.3 Å². The molecule has 0 unspecified atom stereocenters. The predicted octanol–water partition coefficient (Wildman–Crippen LogP) is 3.45. The van der Waals surface area contributed by atoms with Gasteiger partial charge < -0.3 is 19.7 Å². The van der Waals surface area contributed by atoms with Gasteiger partial charge in [-0.15, -0.1) is 0 Å². The Morgan fingerprint density at radius 3 is 2.55 bits per heavy atom. The molecule has 2 aromatic heterocycles. The number of carbonyl (C=O) groups is 1. The Morgan fingerprint density at radius 2 is 1.97 bits per heavy atom. The monoisotopic (exact) mass is 420 g/mol. The van der Waals surface area contributed by atoms with Crippen LogP contribution in [-0.4, -0.2) is 53.6 Å². The zero-order valence-electron chi connectivity index (χ0n) is 19.1. The van der Waals surface area contributed by atoms with Crippen molar-refractivity contribution in [3.05, 3.63) is 46.9 Å². The van der Waals surface area contributed by atoms with Crippen LogP contribution in [0.4, 0.5) is 11.5 Å². The Hall–Kier alpha value is -3.11. The van der Waals surface area contributed by atoms with Gasteiger partial charge in [-0.3, -0.25) is 4.79 Å². The van der Waals surface area contributed by atoms with Crippen molar-refractivity contribution in [2.75, 3.05) is 43.4 Å². The molecular weight excluding hydrogens is 388 g/mol. The van der Waals surface area contributed by atoms with Gasteiger partial charge in [0.05, 0.1) is 11.9 Å². The number of amides is 1. The molecule has 0 saturated carbocycles. The van der Waals surface area contributed by atoms with E-state index in [0.717, 1.165) is 55.4 Å². The van der Waals surface area contributed by atoms with Gasteiger partial charge in [0, 0.05) is 44.1 Å². The molecule has 0 aliphatic carbocycles. The van der Waals surface area contributed by atoms with Gasteiger partial charge in [-0.25, -0.2) is 4.98 Å². The standard InChI is InChI=1S/C24H32N6O/c1-17(2)16-30-18(3)12-20(19(30)4)13-21(14-25)24(31)27-23-7-6-22(15-26-23)29-10-8-28(5)9-11-29/h6-7,12-13,15,17H,8-11,16H2,1-5H3,(H,26,27,31). The van der Waals surface area contributed by atoms with Crippen LogP contribution < -0.4 is 10.2 Å². The van der Waals surface area contributed by atoms with Gasteiger partial charge >= 0.3 is 0 Å². The number of aryl methyl sites for hydroxylation is 1.